The van der Waals surface area contributed by atoms with E-state index in [0.717, 1.165) is 38.3 Å². The molecule has 6 N–H and O–H groups in total. The van der Waals surface area contributed by atoms with Crippen molar-refractivity contribution in [3.05, 3.63) is 46.9 Å². The topological polar surface area (TPSA) is 141 Å². The van der Waals surface area contributed by atoms with E-state index in [-0.39, 0.29) is 35.8 Å². The summed E-state index contributed by atoms with van der Waals surface area (Å²) >= 11 is 0. The summed E-state index contributed by atoms with van der Waals surface area (Å²) < 4.78 is 4.75. The highest BCUT2D eigenvalue weighted by Crippen LogP contribution is 2.20. The van der Waals surface area contributed by atoms with Crippen LogP contribution < -0.4 is 16.8 Å². The number of likely N-dealkylation sites (tertiary alicyclic amines) is 1. The second kappa shape index (κ2) is 11.3. The van der Waals surface area contributed by atoms with Gasteiger partial charge in [-0.25, -0.2) is 4.79 Å². The molecule has 0 aromatic heterocycles. The van der Waals surface area contributed by atoms with E-state index in [0.29, 0.717) is 24.9 Å². The Labute approximate surface area is 201 Å². The molecule has 10 heteroatoms. The molecule has 10 nitrogen and oxygen atoms in total. The van der Waals surface area contributed by atoms with Crippen LogP contribution in [-0.2, 0) is 22.5 Å². The number of hydrogen-bond acceptors (Lipinski definition) is 8. The normalized spacial score (nSPS) is 16.9. The zero-order valence-corrected chi connectivity index (χ0v) is 20.3. The number of amides is 2. The van der Waals surface area contributed by atoms with E-state index in [2.05, 4.69) is 41.1 Å². The van der Waals surface area contributed by atoms with Crippen LogP contribution >= 0.6 is 0 Å². The van der Waals surface area contributed by atoms with Crippen molar-refractivity contribution in [2.45, 2.75) is 39.3 Å². The molecule has 34 heavy (non-hydrogen) atoms. The Hall–Kier alpha value is -3.11. The molecule has 0 bridgehead atoms. The number of amidine groups is 1. The van der Waals surface area contributed by atoms with Crippen LogP contribution in [0.15, 0.2) is 35.8 Å². The second-order valence-corrected chi connectivity index (χ2v) is 9.42. The standard InChI is InChI=1S/C24H37N7O3/c1-16(2)12-29-14-19(15-29)30(13-18-7-5-17(6-8-18)11-20(32)34-3)9-4-10-31-23(27)21(22(25)26)28-24(31)33/h5-8,16,19,27H,4,9-15,25-26H2,1-3H3,(H,28,33). The van der Waals surface area contributed by atoms with Crippen molar-refractivity contribution in [1.29, 1.82) is 5.41 Å². The van der Waals surface area contributed by atoms with E-state index in [1.165, 1.54) is 17.6 Å². The lowest BCUT2D eigenvalue weighted by Crippen LogP contribution is -2.60. The highest BCUT2D eigenvalue weighted by atomic mass is 16.5. The molecular weight excluding hydrogens is 434 g/mol. The molecule has 0 atom stereocenters. The van der Waals surface area contributed by atoms with Crippen molar-refractivity contribution in [1.82, 2.24) is 20.0 Å². The first-order valence-electron chi connectivity index (χ1n) is 11.7. The summed E-state index contributed by atoms with van der Waals surface area (Å²) in [5.74, 6) is 0.344. The lowest BCUT2D eigenvalue weighted by atomic mass is 10.0. The van der Waals surface area contributed by atoms with E-state index in [1.807, 2.05) is 12.1 Å². The van der Waals surface area contributed by atoms with Gasteiger partial charge in [-0.2, -0.15) is 0 Å². The van der Waals surface area contributed by atoms with Crippen molar-refractivity contribution >= 4 is 17.8 Å². The number of urea groups is 1. The molecule has 0 aliphatic carbocycles. The minimum Gasteiger partial charge on any atom is -0.469 e. The van der Waals surface area contributed by atoms with Gasteiger partial charge in [0.2, 0.25) is 0 Å². The van der Waals surface area contributed by atoms with Crippen LogP contribution in [0.3, 0.4) is 0 Å². The summed E-state index contributed by atoms with van der Waals surface area (Å²) in [5.41, 5.74) is 13.4. The average Bonchev–Trinajstić information content (AvgIpc) is 3.05. The fourth-order valence-corrected chi connectivity index (χ4v) is 4.39. The first-order chi connectivity index (χ1) is 16.2. The highest BCUT2D eigenvalue weighted by molar-refractivity contribution is 6.13. The van der Waals surface area contributed by atoms with E-state index in [4.69, 9.17) is 21.6 Å². The molecule has 186 valence electrons. The molecule has 1 aromatic rings. The maximum atomic E-state index is 12.2. The van der Waals surface area contributed by atoms with Crippen LogP contribution in [0.4, 0.5) is 4.79 Å². The molecule has 0 saturated carbocycles. The van der Waals surface area contributed by atoms with Gasteiger partial charge in [-0.15, -0.1) is 0 Å². The monoisotopic (exact) mass is 471 g/mol. The Balaban J connectivity index is 1.60. The van der Waals surface area contributed by atoms with Gasteiger partial charge < -0.3 is 21.5 Å². The number of carbonyl (C=O) groups excluding carboxylic acids is 2. The van der Waals surface area contributed by atoms with Gasteiger partial charge in [-0.05, 0) is 23.5 Å². The van der Waals surface area contributed by atoms with E-state index in [1.54, 1.807) is 0 Å². The highest BCUT2D eigenvalue weighted by Gasteiger charge is 2.34. The summed E-state index contributed by atoms with van der Waals surface area (Å²) in [4.78, 5) is 30.0. The van der Waals surface area contributed by atoms with Gasteiger partial charge in [0.15, 0.2) is 5.84 Å². The predicted octanol–water partition coefficient (Wildman–Crippen LogP) is 1.02. The molecule has 2 heterocycles. The Morgan fingerprint density at radius 1 is 1.24 bits per heavy atom. The molecule has 2 aliphatic heterocycles. The number of ether oxygens (including phenoxy) is 1. The number of hydrogen-bond donors (Lipinski definition) is 4. The number of nitrogens with one attached hydrogen (secondary N) is 2. The van der Waals surface area contributed by atoms with Gasteiger partial charge in [0.1, 0.15) is 11.5 Å². The number of esters is 1. The van der Waals surface area contributed by atoms with Crippen molar-refractivity contribution in [2.24, 2.45) is 17.4 Å². The fourth-order valence-electron chi connectivity index (χ4n) is 4.39. The van der Waals surface area contributed by atoms with Crippen molar-refractivity contribution in [3.63, 3.8) is 0 Å². The minimum atomic E-state index is -0.368. The molecule has 2 saturated heterocycles. The van der Waals surface area contributed by atoms with Crippen LogP contribution in [0.5, 0.6) is 0 Å². The molecule has 3 rings (SSSR count). The van der Waals surface area contributed by atoms with Crippen LogP contribution in [0, 0.1) is 11.3 Å². The molecule has 0 spiro atoms. The predicted molar refractivity (Wildman–Crippen MR) is 131 cm³/mol. The van der Waals surface area contributed by atoms with Crippen molar-refractivity contribution < 1.29 is 14.3 Å². The number of nitrogens with two attached hydrogens (primary N) is 2. The molecule has 2 fully saturated rings. The van der Waals surface area contributed by atoms with Crippen molar-refractivity contribution in [3.8, 4) is 0 Å². The van der Waals surface area contributed by atoms with E-state index in [9.17, 15) is 9.59 Å². The van der Waals surface area contributed by atoms with Crippen LogP contribution in [0.25, 0.3) is 0 Å². The van der Waals surface area contributed by atoms with Gasteiger partial charge in [-0.3, -0.25) is 24.9 Å². The zero-order chi connectivity index (χ0) is 24.8. The van der Waals surface area contributed by atoms with E-state index < -0.39 is 0 Å². The van der Waals surface area contributed by atoms with Crippen molar-refractivity contribution in [2.75, 3.05) is 39.8 Å². The number of benzene rings is 1. The molecule has 2 aliphatic rings. The summed E-state index contributed by atoms with van der Waals surface area (Å²) in [6, 6.07) is 8.12. The number of nitrogens with zero attached hydrogens (tertiary/aromatic N) is 3. The number of carbonyl (C=O) groups is 2. The van der Waals surface area contributed by atoms with Gasteiger partial charge >= 0.3 is 12.0 Å². The Morgan fingerprint density at radius 2 is 1.88 bits per heavy atom. The van der Waals surface area contributed by atoms with Crippen LogP contribution in [-0.4, -0.2) is 78.4 Å². The van der Waals surface area contributed by atoms with Gasteiger partial charge in [0.25, 0.3) is 0 Å². The molecule has 0 unspecified atom stereocenters. The third kappa shape index (κ3) is 6.48. The lowest BCUT2D eigenvalue weighted by Gasteiger charge is -2.46. The maximum Gasteiger partial charge on any atom is 0.327 e. The van der Waals surface area contributed by atoms with Gasteiger partial charge in [0.05, 0.1) is 13.5 Å². The van der Waals surface area contributed by atoms with Crippen LogP contribution in [0.2, 0.25) is 0 Å². The van der Waals surface area contributed by atoms with Gasteiger partial charge in [-0.1, -0.05) is 38.1 Å². The zero-order valence-electron chi connectivity index (χ0n) is 20.3. The fraction of sp³-hybridized carbons (Fsp3) is 0.542. The third-order valence-corrected chi connectivity index (χ3v) is 6.16. The molecule has 2 amide bonds. The smallest absolute Gasteiger partial charge is 0.327 e. The Bertz CT molecular complexity index is 919. The maximum absolute atomic E-state index is 12.2. The number of rotatable bonds is 11. The first kappa shape index (κ1) is 25.5. The van der Waals surface area contributed by atoms with Crippen LogP contribution in [0.1, 0.15) is 31.4 Å². The lowest BCUT2D eigenvalue weighted by molar-refractivity contribution is -0.139. The molecule has 1 aromatic carbocycles. The molecule has 0 radical (unpaired) electrons. The quantitative estimate of drug-likeness (QED) is 0.353. The first-order valence-corrected chi connectivity index (χ1v) is 11.7. The Kier molecular flexibility index (Phi) is 8.51. The van der Waals surface area contributed by atoms with Gasteiger partial charge in [0, 0.05) is 45.3 Å². The summed E-state index contributed by atoms with van der Waals surface area (Å²) in [6.07, 6.45) is 0.982. The number of methoxy groups -OCH3 is 1. The molecular formula is C24H37N7O3. The summed E-state index contributed by atoms with van der Waals surface area (Å²) in [6.45, 7) is 9.58. The SMILES string of the molecule is COC(=O)Cc1ccc(CN(CCCN2C(=N)C(=C(N)N)NC2=O)C2CN(CC(C)C)C2)cc1. The minimum absolute atomic E-state index is 0.0181. The summed E-state index contributed by atoms with van der Waals surface area (Å²) in [7, 11) is 1.39. The van der Waals surface area contributed by atoms with E-state index >= 15 is 0 Å². The second-order valence-electron chi connectivity index (χ2n) is 9.42. The average molecular weight is 472 g/mol. The third-order valence-electron chi connectivity index (χ3n) is 6.16. The Morgan fingerprint density at radius 3 is 2.44 bits per heavy atom. The largest absolute Gasteiger partial charge is 0.469 e. The summed E-state index contributed by atoms with van der Waals surface area (Å²) in [5, 5.41) is 10.7.